The SMILES string of the molecule is Bc1ccn2ncc(C(=O)N3CCC(CC(=O)NC)CC3)c2c1. The van der Waals surface area contributed by atoms with Gasteiger partial charge in [0.1, 0.15) is 7.85 Å². The van der Waals surface area contributed by atoms with Gasteiger partial charge in [0, 0.05) is 32.8 Å². The molecule has 6 nitrogen and oxygen atoms in total. The molecule has 23 heavy (non-hydrogen) atoms. The lowest BCUT2D eigenvalue weighted by Gasteiger charge is -2.31. The topological polar surface area (TPSA) is 66.7 Å². The van der Waals surface area contributed by atoms with Crippen LogP contribution in [0.25, 0.3) is 5.52 Å². The largest absolute Gasteiger partial charge is 0.359 e. The molecule has 1 aliphatic rings. The van der Waals surface area contributed by atoms with E-state index < -0.39 is 0 Å². The van der Waals surface area contributed by atoms with Gasteiger partial charge >= 0.3 is 0 Å². The van der Waals surface area contributed by atoms with Crippen molar-refractivity contribution < 1.29 is 9.59 Å². The fourth-order valence-electron chi connectivity index (χ4n) is 3.13. The van der Waals surface area contributed by atoms with Crippen LogP contribution in [0.2, 0.25) is 0 Å². The van der Waals surface area contributed by atoms with E-state index >= 15 is 0 Å². The average Bonchev–Trinajstić information content (AvgIpc) is 2.97. The van der Waals surface area contributed by atoms with E-state index in [2.05, 4.69) is 10.4 Å². The number of piperidine rings is 1. The van der Waals surface area contributed by atoms with Crippen molar-refractivity contribution in [3.63, 3.8) is 0 Å². The summed E-state index contributed by atoms with van der Waals surface area (Å²) in [5, 5.41) is 6.92. The molecule has 0 aromatic carbocycles. The predicted molar refractivity (Wildman–Crippen MR) is 90.7 cm³/mol. The van der Waals surface area contributed by atoms with Gasteiger partial charge in [0.2, 0.25) is 5.91 Å². The number of rotatable bonds is 3. The molecule has 1 saturated heterocycles. The van der Waals surface area contributed by atoms with Gasteiger partial charge in [-0.3, -0.25) is 9.59 Å². The molecule has 3 heterocycles. The Morgan fingerprint density at radius 3 is 2.83 bits per heavy atom. The Morgan fingerprint density at radius 1 is 1.39 bits per heavy atom. The molecule has 0 spiro atoms. The molecule has 7 heteroatoms. The number of pyridine rings is 1. The molecule has 1 aliphatic heterocycles. The van der Waals surface area contributed by atoms with Gasteiger partial charge in [-0.15, -0.1) is 0 Å². The average molecular weight is 312 g/mol. The zero-order valence-corrected chi connectivity index (χ0v) is 13.6. The lowest BCUT2D eigenvalue weighted by atomic mass is 9.92. The Hall–Kier alpha value is -2.31. The maximum Gasteiger partial charge on any atom is 0.257 e. The molecule has 0 bridgehead atoms. The lowest BCUT2D eigenvalue weighted by molar-refractivity contribution is -0.121. The Kier molecular flexibility index (Phi) is 4.36. The van der Waals surface area contributed by atoms with Crippen LogP contribution in [-0.2, 0) is 4.79 Å². The van der Waals surface area contributed by atoms with Gasteiger partial charge < -0.3 is 10.2 Å². The van der Waals surface area contributed by atoms with Crippen LogP contribution in [0.5, 0.6) is 0 Å². The summed E-state index contributed by atoms with van der Waals surface area (Å²) < 4.78 is 1.73. The maximum absolute atomic E-state index is 12.8. The highest BCUT2D eigenvalue weighted by Crippen LogP contribution is 2.22. The predicted octanol–water partition coefficient (Wildman–Crippen LogP) is -0.419. The molecule has 0 saturated carbocycles. The van der Waals surface area contributed by atoms with E-state index in [1.807, 2.05) is 31.1 Å². The first-order valence-electron chi connectivity index (χ1n) is 8.02. The summed E-state index contributed by atoms with van der Waals surface area (Å²) in [6.45, 7) is 1.40. The van der Waals surface area contributed by atoms with Crippen molar-refractivity contribution in [3.8, 4) is 0 Å². The third-order valence-electron chi connectivity index (χ3n) is 4.56. The standard InChI is InChI=1S/C16H21BN4O2/c1-18-15(22)8-11-2-5-20(6-3-11)16(23)13-10-19-21-7-4-12(17)9-14(13)21/h4,7,9-11H,2-3,5-6,8,17H2,1H3,(H,18,22). The van der Waals surface area contributed by atoms with Crippen LogP contribution >= 0.6 is 0 Å². The molecule has 2 aromatic rings. The van der Waals surface area contributed by atoms with E-state index in [0.717, 1.165) is 23.8 Å². The number of nitrogens with one attached hydrogen (secondary N) is 1. The van der Waals surface area contributed by atoms with Crippen molar-refractivity contribution in [3.05, 3.63) is 30.1 Å². The van der Waals surface area contributed by atoms with Crippen LogP contribution in [-0.4, -0.2) is 54.3 Å². The minimum atomic E-state index is 0.0315. The van der Waals surface area contributed by atoms with E-state index in [1.54, 1.807) is 17.8 Å². The third kappa shape index (κ3) is 3.23. The molecule has 1 fully saturated rings. The quantitative estimate of drug-likeness (QED) is 0.783. The summed E-state index contributed by atoms with van der Waals surface area (Å²) in [6.07, 6.45) is 5.81. The van der Waals surface area contributed by atoms with Crippen LogP contribution in [0.4, 0.5) is 0 Å². The van der Waals surface area contributed by atoms with Crippen LogP contribution in [0, 0.1) is 5.92 Å². The second-order valence-electron chi connectivity index (χ2n) is 6.21. The normalized spacial score (nSPS) is 15.8. The Labute approximate surface area is 136 Å². The fraction of sp³-hybridized carbons (Fsp3) is 0.438. The number of amides is 2. The van der Waals surface area contributed by atoms with Gasteiger partial charge in [-0.2, -0.15) is 5.10 Å². The molecule has 0 unspecified atom stereocenters. The molecule has 0 radical (unpaired) electrons. The van der Waals surface area contributed by atoms with E-state index in [-0.39, 0.29) is 11.8 Å². The maximum atomic E-state index is 12.8. The lowest BCUT2D eigenvalue weighted by Crippen LogP contribution is -2.39. The van der Waals surface area contributed by atoms with Crippen LogP contribution < -0.4 is 10.8 Å². The summed E-state index contributed by atoms with van der Waals surface area (Å²) in [5.41, 5.74) is 2.61. The molecule has 120 valence electrons. The first-order chi connectivity index (χ1) is 11.1. The second-order valence-corrected chi connectivity index (χ2v) is 6.21. The van der Waals surface area contributed by atoms with Gasteiger partial charge in [0.25, 0.3) is 5.91 Å². The van der Waals surface area contributed by atoms with Crippen molar-refractivity contribution in [1.82, 2.24) is 19.8 Å². The van der Waals surface area contributed by atoms with Gasteiger partial charge in [-0.05, 0) is 24.8 Å². The summed E-state index contributed by atoms with van der Waals surface area (Å²) in [5.74, 6) is 0.474. The number of likely N-dealkylation sites (tertiary alicyclic amines) is 1. The zero-order valence-electron chi connectivity index (χ0n) is 13.6. The van der Waals surface area contributed by atoms with Crippen LogP contribution in [0.15, 0.2) is 24.5 Å². The molecular formula is C16H21BN4O2. The molecule has 0 atom stereocenters. The highest BCUT2D eigenvalue weighted by Gasteiger charge is 2.26. The second kappa shape index (κ2) is 6.44. The minimum absolute atomic E-state index is 0.0315. The summed E-state index contributed by atoms with van der Waals surface area (Å²) in [7, 11) is 3.67. The smallest absolute Gasteiger partial charge is 0.257 e. The number of fused-ring (bicyclic) bond motifs is 1. The van der Waals surface area contributed by atoms with Crippen molar-refractivity contribution in [2.75, 3.05) is 20.1 Å². The molecule has 3 rings (SSSR count). The van der Waals surface area contributed by atoms with E-state index in [1.165, 1.54) is 0 Å². The van der Waals surface area contributed by atoms with Gasteiger partial charge in [-0.1, -0.05) is 11.5 Å². The van der Waals surface area contributed by atoms with E-state index in [0.29, 0.717) is 31.0 Å². The van der Waals surface area contributed by atoms with Crippen LogP contribution in [0.3, 0.4) is 0 Å². The Balaban J connectivity index is 1.69. The highest BCUT2D eigenvalue weighted by molar-refractivity contribution is 6.32. The highest BCUT2D eigenvalue weighted by atomic mass is 16.2. The van der Waals surface area contributed by atoms with Gasteiger partial charge in [0.05, 0.1) is 17.3 Å². The van der Waals surface area contributed by atoms with Gasteiger partial charge in [-0.25, -0.2) is 4.52 Å². The number of hydrogen-bond donors (Lipinski definition) is 1. The molecule has 0 aliphatic carbocycles. The third-order valence-corrected chi connectivity index (χ3v) is 4.56. The van der Waals surface area contributed by atoms with E-state index in [9.17, 15) is 9.59 Å². The minimum Gasteiger partial charge on any atom is -0.359 e. The monoisotopic (exact) mass is 312 g/mol. The summed E-state index contributed by atoms with van der Waals surface area (Å²) >= 11 is 0. The summed E-state index contributed by atoms with van der Waals surface area (Å²) in [6, 6.07) is 3.96. The molecule has 2 aromatic heterocycles. The number of carbonyl (C=O) groups excluding carboxylic acids is 2. The number of carbonyl (C=O) groups is 2. The Morgan fingerprint density at radius 2 is 2.13 bits per heavy atom. The van der Waals surface area contributed by atoms with Gasteiger partial charge in [0.15, 0.2) is 0 Å². The Bertz CT molecular complexity index is 735. The number of hydrogen-bond acceptors (Lipinski definition) is 3. The van der Waals surface area contributed by atoms with Crippen molar-refractivity contribution >= 4 is 30.6 Å². The number of aromatic nitrogens is 2. The van der Waals surface area contributed by atoms with Crippen molar-refractivity contribution in [2.45, 2.75) is 19.3 Å². The molecular weight excluding hydrogens is 291 g/mol. The van der Waals surface area contributed by atoms with E-state index in [4.69, 9.17) is 0 Å². The summed E-state index contributed by atoms with van der Waals surface area (Å²) in [4.78, 5) is 26.1. The van der Waals surface area contributed by atoms with Crippen molar-refractivity contribution in [2.24, 2.45) is 5.92 Å². The number of nitrogens with zero attached hydrogens (tertiary/aromatic N) is 3. The van der Waals surface area contributed by atoms with Crippen molar-refractivity contribution in [1.29, 1.82) is 0 Å². The zero-order chi connectivity index (χ0) is 16.4. The first-order valence-corrected chi connectivity index (χ1v) is 8.02. The fourth-order valence-corrected chi connectivity index (χ4v) is 3.13. The molecule has 2 amide bonds. The first kappa shape index (κ1) is 15.6. The molecule has 1 N–H and O–H groups in total. The van der Waals surface area contributed by atoms with Crippen LogP contribution in [0.1, 0.15) is 29.6 Å².